The number of anilines is 1. The zero-order valence-corrected chi connectivity index (χ0v) is 22.7. The van der Waals surface area contributed by atoms with Gasteiger partial charge < -0.3 is 14.7 Å². The van der Waals surface area contributed by atoms with Crippen molar-refractivity contribution in [2.45, 2.75) is 37.6 Å². The van der Waals surface area contributed by atoms with Gasteiger partial charge in [0, 0.05) is 30.6 Å². The summed E-state index contributed by atoms with van der Waals surface area (Å²) in [4.78, 5) is 18.9. The summed E-state index contributed by atoms with van der Waals surface area (Å²) in [6, 6.07) is 11.1. The van der Waals surface area contributed by atoms with E-state index in [0.29, 0.717) is 23.4 Å². The summed E-state index contributed by atoms with van der Waals surface area (Å²) >= 11 is 1.93. The molecule has 0 saturated carbocycles. The number of phenolic OH excluding ortho intramolecular Hbond substituents is 1. The molecule has 0 spiro atoms. The minimum Gasteiger partial charge on any atom is -0.508 e. The number of nitrogens with zero attached hydrogens (tertiary/aromatic N) is 5. The Kier molecular flexibility index (Phi) is 6.43. The largest absolute Gasteiger partial charge is 0.508 e. The molecule has 2 aromatic carbocycles. The fraction of sp³-hybridized carbons (Fsp3) is 0.433. The Morgan fingerprint density at radius 2 is 1.82 bits per heavy atom. The van der Waals surface area contributed by atoms with Gasteiger partial charge in [0.1, 0.15) is 29.4 Å². The fourth-order valence-electron chi connectivity index (χ4n) is 6.62. The molecule has 3 aliphatic heterocycles. The number of rotatable bonds is 5. The first-order chi connectivity index (χ1) is 19.1. The van der Waals surface area contributed by atoms with E-state index in [2.05, 4.69) is 19.8 Å². The molecule has 1 N–H and O–H groups in total. The highest BCUT2D eigenvalue weighted by molar-refractivity contribution is 7.99. The Labute approximate surface area is 231 Å². The third-order valence-electron chi connectivity index (χ3n) is 8.55. The number of hydrogen-bond donors (Lipinski definition) is 1. The van der Waals surface area contributed by atoms with Crippen molar-refractivity contribution in [1.82, 2.24) is 19.9 Å². The number of hydrogen-bond acceptors (Lipinski definition) is 8. The van der Waals surface area contributed by atoms with Gasteiger partial charge in [0.15, 0.2) is 5.82 Å². The molecule has 3 aliphatic rings. The second-order valence-electron chi connectivity index (χ2n) is 10.9. The summed E-state index contributed by atoms with van der Waals surface area (Å²) in [6.45, 7) is 4.41. The Hall–Kier alpha value is -3.17. The highest BCUT2D eigenvalue weighted by Crippen LogP contribution is 2.40. The average molecular weight is 546 g/mol. The van der Waals surface area contributed by atoms with Crippen LogP contribution < -0.4 is 9.64 Å². The van der Waals surface area contributed by atoms with Crippen molar-refractivity contribution in [2.75, 3.05) is 49.2 Å². The molecule has 7 nitrogen and oxygen atoms in total. The van der Waals surface area contributed by atoms with Crippen LogP contribution >= 0.6 is 11.8 Å². The summed E-state index contributed by atoms with van der Waals surface area (Å²) in [5, 5.41) is 12.6. The van der Waals surface area contributed by atoms with E-state index in [-0.39, 0.29) is 28.5 Å². The maximum Gasteiger partial charge on any atom is 0.319 e. The Morgan fingerprint density at radius 3 is 2.69 bits per heavy atom. The van der Waals surface area contributed by atoms with Gasteiger partial charge in [0.25, 0.3) is 0 Å². The number of pyridine rings is 1. The highest BCUT2D eigenvalue weighted by atomic mass is 32.2. The monoisotopic (exact) mass is 545 g/mol. The van der Waals surface area contributed by atoms with Gasteiger partial charge in [-0.15, -0.1) is 0 Å². The van der Waals surface area contributed by atoms with Gasteiger partial charge in [-0.3, -0.25) is 9.88 Å². The third kappa shape index (κ3) is 4.45. The second-order valence-corrected chi connectivity index (χ2v) is 12.1. The number of fused-ring (bicyclic) bond motifs is 3. The van der Waals surface area contributed by atoms with Gasteiger partial charge >= 0.3 is 6.01 Å². The predicted molar refractivity (Wildman–Crippen MR) is 154 cm³/mol. The maximum atomic E-state index is 16.5. The molecule has 39 heavy (non-hydrogen) atoms. The van der Waals surface area contributed by atoms with Crippen LogP contribution in [0.25, 0.3) is 32.9 Å². The minimum atomic E-state index is -0.525. The van der Waals surface area contributed by atoms with E-state index in [0.717, 1.165) is 67.7 Å². The van der Waals surface area contributed by atoms with E-state index in [4.69, 9.17) is 9.72 Å². The maximum absolute atomic E-state index is 16.5. The highest BCUT2D eigenvalue weighted by Gasteiger charge is 2.45. The first kappa shape index (κ1) is 24.8. The molecule has 0 aliphatic carbocycles. The average Bonchev–Trinajstić information content (AvgIpc) is 3.41. The van der Waals surface area contributed by atoms with Crippen LogP contribution in [-0.4, -0.2) is 74.8 Å². The standard InChI is InChI=1S/C30H32FN5O2S/c31-25-26(23-17-21(37)16-20-6-1-2-7-22(20)23)32-18-24-27(25)33-29(34-28(24)35-10-5-14-39-15-13-35)38-19-30-8-3-11-36(30)12-4-9-30/h1-2,6-7,16-18,37H,3-5,8-15,19H2. The molecule has 0 atom stereocenters. The number of ether oxygens (including phenoxy) is 1. The molecule has 202 valence electrons. The number of aromatic nitrogens is 3. The molecular weight excluding hydrogens is 513 g/mol. The van der Waals surface area contributed by atoms with Crippen LogP contribution in [0.2, 0.25) is 0 Å². The van der Waals surface area contributed by atoms with Crippen molar-refractivity contribution in [2.24, 2.45) is 0 Å². The molecule has 5 heterocycles. The lowest BCUT2D eigenvalue weighted by Crippen LogP contribution is -2.43. The smallest absolute Gasteiger partial charge is 0.319 e. The zero-order valence-electron chi connectivity index (χ0n) is 21.9. The van der Waals surface area contributed by atoms with E-state index in [1.54, 1.807) is 18.3 Å². The molecule has 0 radical (unpaired) electrons. The lowest BCUT2D eigenvalue weighted by molar-refractivity contribution is 0.108. The normalized spacial score (nSPS) is 19.5. The van der Waals surface area contributed by atoms with Crippen LogP contribution in [0.4, 0.5) is 10.2 Å². The van der Waals surface area contributed by atoms with E-state index in [1.807, 2.05) is 36.0 Å². The molecule has 3 fully saturated rings. The quantitative estimate of drug-likeness (QED) is 0.345. The summed E-state index contributed by atoms with van der Waals surface area (Å²) in [5.41, 5.74) is 0.940. The molecule has 3 saturated heterocycles. The van der Waals surface area contributed by atoms with Crippen molar-refractivity contribution in [3.8, 4) is 23.0 Å². The number of phenols is 1. The minimum absolute atomic E-state index is 0.0418. The Morgan fingerprint density at radius 1 is 0.974 bits per heavy atom. The van der Waals surface area contributed by atoms with Crippen LogP contribution in [0.1, 0.15) is 32.1 Å². The van der Waals surface area contributed by atoms with E-state index in [9.17, 15) is 5.11 Å². The van der Waals surface area contributed by atoms with Crippen molar-refractivity contribution in [1.29, 1.82) is 0 Å². The van der Waals surface area contributed by atoms with Gasteiger partial charge in [-0.05, 0) is 73.9 Å². The van der Waals surface area contributed by atoms with Crippen molar-refractivity contribution < 1.29 is 14.2 Å². The van der Waals surface area contributed by atoms with Gasteiger partial charge in [-0.25, -0.2) is 4.39 Å². The van der Waals surface area contributed by atoms with Crippen LogP contribution in [-0.2, 0) is 0 Å². The van der Waals surface area contributed by atoms with Crippen LogP contribution in [0.15, 0.2) is 42.6 Å². The van der Waals surface area contributed by atoms with Crippen molar-refractivity contribution >= 4 is 39.3 Å². The molecular formula is C30H32FN5O2S. The molecule has 0 unspecified atom stereocenters. The van der Waals surface area contributed by atoms with Crippen LogP contribution in [0.3, 0.4) is 0 Å². The third-order valence-corrected chi connectivity index (χ3v) is 9.60. The summed E-state index contributed by atoms with van der Waals surface area (Å²) < 4.78 is 22.8. The SMILES string of the molecule is Oc1cc(-c2ncc3c(N4CCCSCC4)nc(OCC45CCCN4CCC5)nc3c2F)c2ccccc2c1. The lowest BCUT2D eigenvalue weighted by Gasteiger charge is -2.31. The number of aromatic hydroxyl groups is 1. The van der Waals surface area contributed by atoms with Crippen LogP contribution in [0.5, 0.6) is 11.8 Å². The van der Waals surface area contributed by atoms with Crippen molar-refractivity contribution in [3.05, 3.63) is 48.4 Å². The van der Waals surface area contributed by atoms with E-state index < -0.39 is 5.82 Å². The number of thioether (sulfide) groups is 1. The Balaban J connectivity index is 1.35. The number of benzene rings is 2. The molecule has 0 amide bonds. The van der Waals surface area contributed by atoms with E-state index >= 15 is 4.39 Å². The molecule has 2 aromatic heterocycles. The first-order valence-electron chi connectivity index (χ1n) is 13.9. The molecule has 9 heteroatoms. The van der Waals surface area contributed by atoms with Gasteiger partial charge in [0.05, 0.1) is 10.9 Å². The second kappa shape index (κ2) is 10.1. The summed E-state index contributed by atoms with van der Waals surface area (Å²) in [7, 11) is 0. The van der Waals surface area contributed by atoms with Gasteiger partial charge in [-0.2, -0.15) is 21.7 Å². The van der Waals surface area contributed by atoms with Crippen LogP contribution in [0, 0.1) is 5.82 Å². The topological polar surface area (TPSA) is 74.6 Å². The first-order valence-corrected chi connectivity index (χ1v) is 15.1. The van der Waals surface area contributed by atoms with E-state index in [1.165, 1.54) is 12.8 Å². The Bertz CT molecular complexity index is 1530. The molecule has 7 rings (SSSR count). The molecule has 4 aromatic rings. The lowest BCUT2D eigenvalue weighted by atomic mass is 9.95. The molecule has 0 bridgehead atoms. The van der Waals surface area contributed by atoms with Crippen molar-refractivity contribution in [3.63, 3.8) is 0 Å². The predicted octanol–water partition coefficient (Wildman–Crippen LogP) is 5.64. The van der Waals surface area contributed by atoms with Gasteiger partial charge in [0.2, 0.25) is 0 Å². The number of halogens is 1. The fourth-order valence-corrected chi connectivity index (χ4v) is 7.51. The summed E-state index contributed by atoms with van der Waals surface area (Å²) in [5.74, 6) is 2.31. The zero-order chi connectivity index (χ0) is 26.4. The summed E-state index contributed by atoms with van der Waals surface area (Å²) in [6.07, 6.45) is 7.31. The van der Waals surface area contributed by atoms with Gasteiger partial charge in [-0.1, -0.05) is 24.3 Å².